The van der Waals surface area contributed by atoms with E-state index in [0.29, 0.717) is 15.6 Å². The van der Waals surface area contributed by atoms with Crippen LogP contribution in [0.1, 0.15) is 18.1 Å². The van der Waals surface area contributed by atoms with E-state index >= 15 is 0 Å². The summed E-state index contributed by atoms with van der Waals surface area (Å²) >= 11 is 11.8. The van der Waals surface area contributed by atoms with E-state index < -0.39 is 17.5 Å². The van der Waals surface area contributed by atoms with Crippen LogP contribution in [0.2, 0.25) is 10.0 Å². The van der Waals surface area contributed by atoms with Gasteiger partial charge in [-0.25, -0.2) is 4.79 Å². The lowest BCUT2D eigenvalue weighted by Gasteiger charge is -2.23. The van der Waals surface area contributed by atoms with Crippen LogP contribution < -0.4 is 10.6 Å². The zero-order chi connectivity index (χ0) is 12.8. The van der Waals surface area contributed by atoms with E-state index in [2.05, 4.69) is 10.6 Å². The van der Waals surface area contributed by atoms with Gasteiger partial charge in [0.1, 0.15) is 5.54 Å². The van der Waals surface area contributed by atoms with Crippen LogP contribution in [0.25, 0.3) is 0 Å². The molecule has 0 aromatic heterocycles. The molecule has 1 aliphatic rings. The van der Waals surface area contributed by atoms with Crippen molar-refractivity contribution in [3.63, 3.8) is 0 Å². The fourth-order valence-electron chi connectivity index (χ4n) is 1.92. The highest BCUT2D eigenvalue weighted by Gasteiger charge is 2.44. The van der Waals surface area contributed by atoms with E-state index in [4.69, 9.17) is 23.2 Å². The predicted molar refractivity (Wildman–Crippen MR) is 65.2 cm³/mol. The molecule has 0 spiro atoms. The van der Waals surface area contributed by atoms with E-state index in [0.717, 1.165) is 5.56 Å². The first-order chi connectivity index (χ1) is 7.84. The predicted octanol–water partition coefficient (Wildman–Crippen LogP) is 2.36. The summed E-state index contributed by atoms with van der Waals surface area (Å²) in [6.45, 7) is 3.43. The first kappa shape index (κ1) is 12.2. The molecule has 1 atom stereocenters. The van der Waals surface area contributed by atoms with Gasteiger partial charge in [0.05, 0.1) is 10.0 Å². The Morgan fingerprint density at radius 3 is 2.29 bits per heavy atom. The van der Waals surface area contributed by atoms with Gasteiger partial charge in [-0.2, -0.15) is 0 Å². The minimum atomic E-state index is -1.10. The summed E-state index contributed by atoms with van der Waals surface area (Å²) in [5.74, 6) is -0.399. The zero-order valence-electron chi connectivity index (χ0n) is 9.23. The topological polar surface area (TPSA) is 58.2 Å². The summed E-state index contributed by atoms with van der Waals surface area (Å²) in [7, 11) is 0. The largest absolute Gasteiger partial charge is 0.322 e. The molecule has 0 aliphatic carbocycles. The van der Waals surface area contributed by atoms with Gasteiger partial charge in [0.15, 0.2) is 0 Å². The molecule has 1 saturated heterocycles. The van der Waals surface area contributed by atoms with Gasteiger partial charge in [-0.1, -0.05) is 23.2 Å². The summed E-state index contributed by atoms with van der Waals surface area (Å²) < 4.78 is 0. The van der Waals surface area contributed by atoms with Crippen LogP contribution in [0.5, 0.6) is 0 Å². The first-order valence-corrected chi connectivity index (χ1v) is 5.70. The van der Waals surface area contributed by atoms with E-state index in [9.17, 15) is 9.59 Å². The lowest BCUT2D eigenvalue weighted by molar-refractivity contribution is -0.123. The fourth-order valence-corrected chi connectivity index (χ4v) is 2.30. The normalized spacial score (nSPS) is 23.5. The second-order valence-electron chi connectivity index (χ2n) is 4.11. The van der Waals surface area contributed by atoms with Crippen molar-refractivity contribution in [3.05, 3.63) is 33.3 Å². The van der Waals surface area contributed by atoms with Crippen molar-refractivity contribution >= 4 is 35.1 Å². The Kier molecular flexibility index (Phi) is 2.79. The Bertz CT molecular complexity index is 530. The monoisotopic (exact) mass is 272 g/mol. The van der Waals surface area contributed by atoms with E-state index in [1.807, 2.05) is 0 Å². The average Bonchev–Trinajstić information content (AvgIpc) is 2.47. The molecule has 1 fully saturated rings. The third kappa shape index (κ3) is 1.87. The molecular weight excluding hydrogens is 263 g/mol. The number of imide groups is 1. The fraction of sp³-hybridized carbons (Fsp3) is 0.273. The molecule has 90 valence electrons. The smallest absolute Gasteiger partial charge is 0.320 e. The van der Waals surface area contributed by atoms with Gasteiger partial charge in [-0.15, -0.1) is 0 Å². The Morgan fingerprint density at radius 1 is 1.18 bits per heavy atom. The molecule has 4 nitrogen and oxygen atoms in total. The molecule has 6 heteroatoms. The number of carbonyl (C=O) groups excluding carboxylic acids is 2. The van der Waals surface area contributed by atoms with Crippen molar-refractivity contribution in [2.24, 2.45) is 0 Å². The van der Waals surface area contributed by atoms with Gasteiger partial charge in [0, 0.05) is 0 Å². The van der Waals surface area contributed by atoms with E-state index in [1.165, 1.54) is 0 Å². The number of hydrogen-bond acceptors (Lipinski definition) is 2. The highest BCUT2D eigenvalue weighted by atomic mass is 35.5. The van der Waals surface area contributed by atoms with Gasteiger partial charge in [0.2, 0.25) is 0 Å². The van der Waals surface area contributed by atoms with Gasteiger partial charge in [-0.3, -0.25) is 10.1 Å². The van der Waals surface area contributed by atoms with Crippen molar-refractivity contribution in [1.82, 2.24) is 10.6 Å². The summed E-state index contributed by atoms with van der Waals surface area (Å²) in [5.41, 5.74) is 0.324. The minimum absolute atomic E-state index is 0.349. The summed E-state index contributed by atoms with van der Waals surface area (Å²) in [6, 6.07) is 2.76. The number of benzene rings is 1. The van der Waals surface area contributed by atoms with Crippen molar-refractivity contribution in [2.45, 2.75) is 19.4 Å². The van der Waals surface area contributed by atoms with Crippen molar-refractivity contribution in [3.8, 4) is 0 Å². The molecule has 1 heterocycles. The summed E-state index contributed by atoms with van der Waals surface area (Å²) in [4.78, 5) is 23.0. The summed E-state index contributed by atoms with van der Waals surface area (Å²) in [5, 5.41) is 5.55. The van der Waals surface area contributed by atoms with Crippen LogP contribution in [-0.2, 0) is 10.3 Å². The zero-order valence-corrected chi connectivity index (χ0v) is 10.7. The van der Waals surface area contributed by atoms with Crippen LogP contribution in [0, 0.1) is 6.92 Å². The summed E-state index contributed by atoms with van der Waals surface area (Å²) in [6.07, 6.45) is 0. The van der Waals surface area contributed by atoms with Crippen LogP contribution in [0.15, 0.2) is 12.1 Å². The molecular formula is C11H10Cl2N2O2. The molecule has 17 heavy (non-hydrogen) atoms. The molecule has 1 aliphatic heterocycles. The second kappa shape index (κ2) is 3.89. The van der Waals surface area contributed by atoms with Crippen LogP contribution >= 0.6 is 23.2 Å². The number of urea groups is 1. The lowest BCUT2D eigenvalue weighted by atomic mass is 9.89. The number of amides is 3. The first-order valence-electron chi connectivity index (χ1n) is 4.94. The number of hydrogen-bond donors (Lipinski definition) is 2. The van der Waals surface area contributed by atoms with Crippen molar-refractivity contribution in [1.29, 1.82) is 0 Å². The standard InChI is InChI=1S/C11H10Cl2N2O2/c1-5-3-7(12)8(13)4-6(5)11(2)9(16)14-10(17)15-11/h3-4H,1-2H3,(H2,14,15,16,17). The second-order valence-corrected chi connectivity index (χ2v) is 4.93. The molecule has 2 rings (SSSR count). The van der Waals surface area contributed by atoms with E-state index in [1.54, 1.807) is 26.0 Å². The van der Waals surface area contributed by atoms with Gasteiger partial charge in [0.25, 0.3) is 5.91 Å². The SMILES string of the molecule is Cc1cc(Cl)c(Cl)cc1C1(C)NC(=O)NC1=O. The molecule has 3 amide bonds. The highest BCUT2D eigenvalue weighted by molar-refractivity contribution is 6.42. The Hall–Kier alpha value is -1.26. The van der Waals surface area contributed by atoms with Crippen LogP contribution in [0.3, 0.4) is 0 Å². The molecule has 1 aromatic rings. The molecule has 0 saturated carbocycles. The average molecular weight is 273 g/mol. The maximum absolute atomic E-state index is 11.8. The van der Waals surface area contributed by atoms with Crippen LogP contribution in [-0.4, -0.2) is 11.9 Å². The quantitative estimate of drug-likeness (QED) is 0.772. The maximum Gasteiger partial charge on any atom is 0.322 e. The number of carbonyl (C=O) groups is 2. The molecule has 0 radical (unpaired) electrons. The number of halogens is 2. The Balaban J connectivity index is 2.58. The third-order valence-corrected chi connectivity index (χ3v) is 3.57. The molecule has 2 N–H and O–H groups in total. The minimum Gasteiger partial charge on any atom is -0.320 e. The number of rotatable bonds is 1. The van der Waals surface area contributed by atoms with Crippen molar-refractivity contribution < 1.29 is 9.59 Å². The Morgan fingerprint density at radius 2 is 1.76 bits per heavy atom. The maximum atomic E-state index is 11.8. The van der Waals surface area contributed by atoms with Gasteiger partial charge >= 0.3 is 6.03 Å². The van der Waals surface area contributed by atoms with E-state index in [-0.39, 0.29) is 0 Å². The molecule has 1 unspecified atom stereocenters. The lowest BCUT2D eigenvalue weighted by Crippen LogP contribution is -2.41. The van der Waals surface area contributed by atoms with Crippen LogP contribution in [0.4, 0.5) is 4.79 Å². The Labute approximate surface area is 108 Å². The molecule has 0 bridgehead atoms. The van der Waals surface area contributed by atoms with Gasteiger partial charge < -0.3 is 5.32 Å². The van der Waals surface area contributed by atoms with Crippen molar-refractivity contribution in [2.75, 3.05) is 0 Å². The van der Waals surface area contributed by atoms with Gasteiger partial charge in [-0.05, 0) is 37.1 Å². The molecule has 1 aromatic carbocycles. The number of nitrogens with one attached hydrogen (secondary N) is 2. The third-order valence-electron chi connectivity index (χ3n) is 2.85. The highest BCUT2D eigenvalue weighted by Crippen LogP contribution is 2.33. The number of aryl methyl sites for hydroxylation is 1.